The molecule has 1 aliphatic rings. The van der Waals surface area contributed by atoms with Gasteiger partial charge in [0.25, 0.3) is 0 Å². The number of fused-ring (bicyclic) bond motifs is 1. The zero-order valence-corrected chi connectivity index (χ0v) is 13.5. The van der Waals surface area contributed by atoms with E-state index in [1.807, 2.05) is 0 Å². The van der Waals surface area contributed by atoms with Crippen LogP contribution in [0.4, 0.5) is 0 Å². The first kappa shape index (κ1) is 19.3. The van der Waals surface area contributed by atoms with Gasteiger partial charge in [-0.15, -0.1) is 40.2 Å². The first-order chi connectivity index (χ1) is 11.1. The summed E-state index contributed by atoms with van der Waals surface area (Å²) >= 11 is 1.28. The Morgan fingerprint density at radius 2 is 1.54 bits per heavy atom. The van der Waals surface area contributed by atoms with Gasteiger partial charge in [-0.1, -0.05) is 10.9 Å². The van der Waals surface area contributed by atoms with E-state index in [9.17, 15) is 15.2 Å². The van der Waals surface area contributed by atoms with E-state index in [2.05, 4.69) is 6.58 Å². The molecule has 0 bridgehead atoms. The molecule has 24 heavy (non-hydrogen) atoms. The summed E-state index contributed by atoms with van der Waals surface area (Å²) in [4.78, 5) is 0.553. The Kier molecular flexibility index (Phi) is 5.68. The average Bonchev–Trinajstić information content (AvgIpc) is 2.95. The van der Waals surface area contributed by atoms with Crippen LogP contribution in [0.3, 0.4) is 0 Å². The number of thioether (sulfide) groups is 1. The van der Waals surface area contributed by atoms with Gasteiger partial charge in [-0.25, -0.2) is 0 Å². The van der Waals surface area contributed by atoms with Crippen LogP contribution in [0.25, 0.3) is 5.57 Å². The van der Waals surface area contributed by atoms with E-state index in [0.717, 1.165) is 0 Å². The van der Waals surface area contributed by atoms with Crippen LogP contribution < -0.4 is 21.9 Å². The summed E-state index contributed by atoms with van der Waals surface area (Å²) in [6.07, 6.45) is 0. The molecule has 1 aromatic carbocycles. The molecule has 0 atom stereocenters. The van der Waals surface area contributed by atoms with Crippen LogP contribution in [0.1, 0.15) is 5.56 Å². The smallest absolute Gasteiger partial charge is 0.491 e. The summed E-state index contributed by atoms with van der Waals surface area (Å²) in [6.45, 7) is 3.42. The van der Waals surface area contributed by atoms with Crippen molar-refractivity contribution in [3.05, 3.63) is 34.3 Å². The molecular weight excluding hydrogens is 312 g/mol. The molecule has 0 saturated heterocycles. The molecule has 0 fully saturated rings. The van der Waals surface area contributed by atoms with Crippen LogP contribution in [-0.4, -0.2) is 75.1 Å². The monoisotopic (exact) mass is 320 g/mol. The third-order valence-corrected chi connectivity index (χ3v) is 4.86. The number of hydrogen-bond donors (Lipinski definition) is 3. The third kappa shape index (κ3) is 3.09. The van der Waals surface area contributed by atoms with Crippen molar-refractivity contribution in [2.75, 3.05) is 5.75 Å². The number of aliphatic hydroxyl groups is 1. The molecule has 3 N–H and O–H groups in total. The minimum absolute atomic E-state index is 0.0883. The molecule has 12 radical (unpaired) electrons. The molecule has 104 valence electrons. The maximum absolute atomic E-state index is 10.6. The van der Waals surface area contributed by atoms with Crippen molar-refractivity contribution in [2.24, 2.45) is 0 Å². The molecule has 11 heteroatoms. The fraction of sp³-hybridized carbons (Fsp3) is 0.0769. The van der Waals surface area contributed by atoms with Crippen LogP contribution in [0, 0.1) is 0 Å². The molecule has 1 aromatic rings. The first-order valence-corrected chi connectivity index (χ1v) is 7.70. The van der Waals surface area contributed by atoms with Gasteiger partial charge < -0.3 is 15.2 Å². The molecule has 0 amide bonds. The topological polar surface area (TPSA) is 60.7 Å². The van der Waals surface area contributed by atoms with E-state index in [1.54, 1.807) is 0 Å². The summed E-state index contributed by atoms with van der Waals surface area (Å²) in [6, 6.07) is 0. The van der Waals surface area contributed by atoms with Crippen LogP contribution in [0.5, 0.6) is 0 Å². The van der Waals surface area contributed by atoms with Gasteiger partial charge in [-0.3, -0.25) is 0 Å². The van der Waals surface area contributed by atoms with E-state index in [-0.39, 0.29) is 44.0 Å². The first-order valence-electron chi connectivity index (χ1n) is 6.71. The van der Waals surface area contributed by atoms with Crippen LogP contribution in [0.15, 0.2) is 33.7 Å². The second-order valence-electron chi connectivity index (χ2n) is 5.20. The Morgan fingerprint density at radius 3 is 2.04 bits per heavy atom. The number of rotatable bonds is 3. The highest BCUT2D eigenvalue weighted by Gasteiger charge is 2.30. The quantitative estimate of drug-likeness (QED) is 0.306. The predicted molar refractivity (Wildman–Crippen MR) is 106 cm³/mol. The molecule has 3 nitrogen and oxygen atoms in total. The largest absolute Gasteiger partial charge is 0.508 e. The average molecular weight is 319 g/mol. The number of hydrogen-bond acceptors (Lipinski definition) is 4. The summed E-state index contributed by atoms with van der Waals surface area (Å²) in [5, 5.41) is 29.7. The summed E-state index contributed by atoms with van der Waals surface area (Å²) in [5.74, 6) is -0.227. The molecular formula is C13H7B7O3S. The Labute approximate surface area is 153 Å². The predicted octanol–water partition coefficient (Wildman–Crippen LogP) is -3.65. The van der Waals surface area contributed by atoms with Crippen molar-refractivity contribution in [1.82, 2.24) is 0 Å². The third-order valence-electron chi connectivity index (χ3n) is 3.71. The highest BCUT2D eigenvalue weighted by Crippen LogP contribution is 2.39. The van der Waals surface area contributed by atoms with Gasteiger partial charge in [-0.05, 0) is 5.56 Å². The standard InChI is InChI=1S/C13H7B7O3S/c1-3(14)6(15)11(20(22)23)12(21)4-2-24-13-5(4)7(16)8(17)9(18)10(13)19/h21-23H,1-2H2/b11-6-,12-4-. The van der Waals surface area contributed by atoms with E-state index >= 15 is 0 Å². The molecule has 0 unspecified atom stereocenters. The second-order valence-corrected chi connectivity index (χ2v) is 6.19. The van der Waals surface area contributed by atoms with E-state index in [1.165, 1.54) is 11.8 Å². The normalized spacial score (nSPS) is 16.4. The summed E-state index contributed by atoms with van der Waals surface area (Å²) in [5.41, 5.74) is 0.560. The fourth-order valence-corrected chi connectivity index (χ4v) is 3.59. The number of allylic oxidation sites excluding steroid dienone is 3. The lowest BCUT2D eigenvalue weighted by atomic mass is 9.62. The molecule has 2 rings (SSSR count). The Bertz CT molecular complexity index is 801. The highest BCUT2D eigenvalue weighted by molar-refractivity contribution is 8.00. The lowest BCUT2D eigenvalue weighted by molar-refractivity contribution is 0.394. The second kappa shape index (κ2) is 7.07. The molecule has 0 spiro atoms. The number of benzene rings is 1. The zero-order chi connectivity index (χ0) is 18.3. The van der Waals surface area contributed by atoms with Crippen LogP contribution >= 0.6 is 11.8 Å². The Morgan fingerprint density at radius 1 is 1.00 bits per heavy atom. The SMILES string of the molecule is [B]C(=C)/C([B])=C(B(O)O)\C(O)=C1/CSc2c([B])c([B])c([B])c([B])c21. The Hall–Kier alpha value is -1.04. The van der Waals surface area contributed by atoms with Gasteiger partial charge in [0.15, 0.2) is 0 Å². The van der Waals surface area contributed by atoms with Gasteiger partial charge in [0.1, 0.15) is 52.8 Å². The number of aliphatic hydroxyl groups excluding tert-OH is 1. The maximum Gasteiger partial charge on any atom is 0.491 e. The van der Waals surface area contributed by atoms with Gasteiger partial charge >= 0.3 is 7.12 Å². The highest BCUT2D eigenvalue weighted by atomic mass is 32.2. The van der Waals surface area contributed by atoms with E-state index in [0.29, 0.717) is 16.0 Å². The van der Waals surface area contributed by atoms with Crippen molar-refractivity contribution in [2.45, 2.75) is 4.90 Å². The fourth-order valence-electron chi connectivity index (χ4n) is 2.38. The van der Waals surface area contributed by atoms with Crippen LogP contribution in [-0.2, 0) is 0 Å². The van der Waals surface area contributed by atoms with Gasteiger partial charge in [0.2, 0.25) is 0 Å². The lowest BCUT2D eigenvalue weighted by Crippen LogP contribution is -2.49. The van der Waals surface area contributed by atoms with Crippen LogP contribution in [0.2, 0.25) is 0 Å². The zero-order valence-electron chi connectivity index (χ0n) is 12.7. The molecule has 1 heterocycles. The van der Waals surface area contributed by atoms with Crippen molar-refractivity contribution in [3.63, 3.8) is 0 Å². The van der Waals surface area contributed by atoms with Gasteiger partial charge in [-0.2, -0.15) is 0 Å². The summed E-state index contributed by atoms with van der Waals surface area (Å²) in [7, 11) is 32.7. The lowest BCUT2D eigenvalue weighted by Gasteiger charge is -2.19. The Balaban J connectivity index is 2.80. The van der Waals surface area contributed by atoms with Gasteiger partial charge in [0.05, 0.1) is 0 Å². The molecule has 0 saturated carbocycles. The van der Waals surface area contributed by atoms with Crippen molar-refractivity contribution in [3.8, 4) is 0 Å². The van der Waals surface area contributed by atoms with Crippen molar-refractivity contribution >= 4 is 93.4 Å². The van der Waals surface area contributed by atoms with E-state index < -0.39 is 12.9 Å². The minimum Gasteiger partial charge on any atom is -0.508 e. The minimum atomic E-state index is -2.07. The molecule has 1 aliphatic heterocycles. The molecule has 0 aromatic heterocycles. The molecule has 0 aliphatic carbocycles. The van der Waals surface area contributed by atoms with Crippen molar-refractivity contribution in [1.29, 1.82) is 0 Å². The summed E-state index contributed by atoms with van der Waals surface area (Å²) < 4.78 is 0. The van der Waals surface area contributed by atoms with Crippen molar-refractivity contribution < 1.29 is 15.2 Å². The van der Waals surface area contributed by atoms with Gasteiger partial charge in [0, 0.05) is 21.7 Å². The van der Waals surface area contributed by atoms with E-state index in [4.69, 9.17) is 47.1 Å². The maximum atomic E-state index is 10.6.